The Bertz CT molecular complexity index is 1910. The van der Waals surface area contributed by atoms with E-state index in [0.29, 0.717) is 31.9 Å². The van der Waals surface area contributed by atoms with E-state index in [4.69, 9.17) is 14.5 Å². The lowest BCUT2D eigenvalue weighted by atomic mass is 9.92. The number of carbonyl (C=O) groups excluding carboxylic acids is 1. The lowest BCUT2D eigenvalue weighted by Gasteiger charge is -2.27. The highest BCUT2D eigenvalue weighted by Crippen LogP contribution is 2.38. The molecular weight excluding hydrogens is 510 g/mol. The predicted octanol–water partition coefficient (Wildman–Crippen LogP) is 4.43. The van der Waals surface area contributed by atoms with Gasteiger partial charge in [0.2, 0.25) is 0 Å². The molecule has 39 heavy (non-hydrogen) atoms. The van der Waals surface area contributed by atoms with Gasteiger partial charge in [-0.05, 0) is 25.1 Å². The van der Waals surface area contributed by atoms with Crippen LogP contribution < -0.4 is 19.6 Å². The minimum absolute atomic E-state index is 0.189. The zero-order chi connectivity index (χ0) is 26.9. The first-order chi connectivity index (χ1) is 19.1. The van der Waals surface area contributed by atoms with Crippen molar-refractivity contribution in [3.8, 4) is 5.75 Å². The number of aromatic nitrogens is 2. The molecule has 0 aliphatic carbocycles. The summed E-state index contributed by atoms with van der Waals surface area (Å²) in [6, 6.07) is 24.1. The van der Waals surface area contributed by atoms with Crippen LogP contribution in [0, 0.1) is 0 Å². The number of ether oxygens (including phenoxy) is 2. The van der Waals surface area contributed by atoms with Crippen LogP contribution in [0.3, 0.4) is 0 Å². The van der Waals surface area contributed by atoms with Gasteiger partial charge < -0.3 is 14.5 Å². The van der Waals surface area contributed by atoms with Gasteiger partial charge in [0.15, 0.2) is 4.80 Å². The molecule has 0 saturated carbocycles. The Hall–Kier alpha value is -4.69. The van der Waals surface area contributed by atoms with Crippen LogP contribution in [0.4, 0.5) is 0 Å². The molecule has 0 unspecified atom stereocenters. The molecule has 1 N–H and O–H groups in total. The van der Waals surface area contributed by atoms with E-state index in [9.17, 15) is 9.59 Å². The fraction of sp³-hybridized carbons (Fsp3) is 0.129. The quantitative estimate of drug-likeness (QED) is 0.326. The van der Waals surface area contributed by atoms with Crippen molar-refractivity contribution in [3.63, 3.8) is 0 Å². The first-order valence-corrected chi connectivity index (χ1v) is 13.4. The maximum absolute atomic E-state index is 14.1. The number of benzene rings is 3. The molecule has 8 heteroatoms. The third kappa shape index (κ3) is 4.28. The van der Waals surface area contributed by atoms with Crippen molar-refractivity contribution >= 4 is 40.0 Å². The lowest BCUT2D eigenvalue weighted by molar-refractivity contribution is -0.138. The molecule has 3 heterocycles. The number of fused-ring (bicyclic) bond motifs is 2. The topological polar surface area (TPSA) is 85.7 Å². The summed E-state index contributed by atoms with van der Waals surface area (Å²) in [5.41, 5.74) is 3.84. The maximum Gasteiger partial charge on any atom is 0.338 e. The number of aromatic amines is 1. The summed E-state index contributed by atoms with van der Waals surface area (Å²) in [5.74, 6) is 0.0340. The number of thiazole rings is 1. The van der Waals surface area contributed by atoms with Crippen LogP contribution in [0.15, 0.2) is 100 Å². The second-order valence-electron chi connectivity index (χ2n) is 8.96. The van der Waals surface area contributed by atoms with Gasteiger partial charge in [-0.3, -0.25) is 9.36 Å². The number of hydrogen-bond donors (Lipinski definition) is 1. The minimum atomic E-state index is -0.795. The van der Waals surface area contributed by atoms with Gasteiger partial charge in [0.1, 0.15) is 11.8 Å². The Labute approximate surface area is 228 Å². The minimum Gasteiger partial charge on any atom is -0.496 e. The number of methoxy groups -OCH3 is 1. The molecule has 1 aliphatic heterocycles. The highest BCUT2D eigenvalue weighted by molar-refractivity contribution is 7.07. The van der Waals surface area contributed by atoms with E-state index in [1.165, 1.54) is 11.3 Å². The van der Waals surface area contributed by atoms with Gasteiger partial charge >= 0.3 is 5.97 Å². The average Bonchev–Trinajstić information content (AvgIpc) is 3.53. The predicted molar refractivity (Wildman–Crippen MR) is 152 cm³/mol. The van der Waals surface area contributed by atoms with Crippen LogP contribution in [0.1, 0.15) is 29.7 Å². The molecule has 0 fully saturated rings. The smallest absolute Gasteiger partial charge is 0.338 e. The first kappa shape index (κ1) is 24.6. The van der Waals surface area contributed by atoms with Crippen molar-refractivity contribution in [1.82, 2.24) is 9.55 Å². The lowest BCUT2D eigenvalue weighted by Crippen LogP contribution is -2.40. The van der Waals surface area contributed by atoms with Crippen molar-refractivity contribution in [2.24, 2.45) is 4.99 Å². The van der Waals surface area contributed by atoms with Crippen molar-refractivity contribution in [1.29, 1.82) is 0 Å². The molecule has 0 saturated heterocycles. The molecule has 0 spiro atoms. The van der Waals surface area contributed by atoms with Gasteiger partial charge in [0, 0.05) is 33.8 Å². The first-order valence-electron chi connectivity index (χ1n) is 12.6. The molecule has 0 amide bonds. The van der Waals surface area contributed by atoms with Gasteiger partial charge in [-0.1, -0.05) is 78.1 Å². The SMILES string of the molecule is CCOC(=O)C1=C(c2ccccc2)N=c2s/c(=C\c3c[nH]c4ccccc34)c(=O)n2[C@H]1c1ccccc1OC. The van der Waals surface area contributed by atoms with Crippen LogP contribution in [0.2, 0.25) is 0 Å². The van der Waals surface area contributed by atoms with Crippen molar-refractivity contribution in [2.75, 3.05) is 13.7 Å². The summed E-state index contributed by atoms with van der Waals surface area (Å²) in [6.45, 7) is 1.95. The molecule has 3 aromatic carbocycles. The van der Waals surface area contributed by atoms with E-state index in [1.54, 1.807) is 18.6 Å². The van der Waals surface area contributed by atoms with Gasteiger partial charge in [-0.15, -0.1) is 0 Å². The van der Waals surface area contributed by atoms with Crippen LogP contribution in [0.5, 0.6) is 5.75 Å². The number of carbonyl (C=O) groups is 1. The Kier molecular flexibility index (Phi) is 6.46. The molecule has 2 aromatic heterocycles. The average molecular weight is 536 g/mol. The second-order valence-corrected chi connectivity index (χ2v) is 9.97. The fourth-order valence-corrected chi connectivity index (χ4v) is 5.97. The molecule has 0 bridgehead atoms. The maximum atomic E-state index is 14.1. The molecule has 1 aliphatic rings. The summed E-state index contributed by atoms with van der Waals surface area (Å²) < 4.78 is 13.3. The number of para-hydroxylation sites is 2. The zero-order valence-electron chi connectivity index (χ0n) is 21.4. The Morgan fingerprint density at radius 3 is 2.59 bits per heavy atom. The number of esters is 1. The summed E-state index contributed by atoms with van der Waals surface area (Å²) in [6.07, 6.45) is 3.76. The standard InChI is InChI=1S/C31H25N3O4S/c1-3-38-30(36)26-27(19-11-5-4-6-12-19)33-31-34(28(26)22-14-8-10-16-24(22)37-2)29(35)25(39-31)17-20-18-32-23-15-9-7-13-21(20)23/h4-18,28,32H,3H2,1-2H3/b25-17-/t28-/m0/s1. The van der Waals surface area contributed by atoms with Crippen molar-refractivity contribution in [3.05, 3.63) is 127 Å². The normalized spacial score (nSPS) is 15.2. The van der Waals surface area contributed by atoms with Crippen molar-refractivity contribution < 1.29 is 14.3 Å². The van der Waals surface area contributed by atoms with Gasteiger partial charge in [-0.25, -0.2) is 9.79 Å². The number of hydrogen-bond acceptors (Lipinski definition) is 6. The Morgan fingerprint density at radius 1 is 1.05 bits per heavy atom. The highest BCUT2D eigenvalue weighted by Gasteiger charge is 2.36. The van der Waals surface area contributed by atoms with Crippen LogP contribution in [-0.4, -0.2) is 29.2 Å². The fourth-order valence-electron chi connectivity index (χ4n) is 4.98. The summed E-state index contributed by atoms with van der Waals surface area (Å²) in [5, 5.41) is 1.02. The van der Waals surface area contributed by atoms with Crippen LogP contribution in [0.25, 0.3) is 22.7 Å². The number of nitrogens with one attached hydrogen (secondary N) is 1. The van der Waals surface area contributed by atoms with E-state index >= 15 is 0 Å². The third-order valence-corrected chi connectivity index (χ3v) is 7.70. The number of H-pyrrole nitrogens is 1. The van der Waals surface area contributed by atoms with Crippen LogP contribution in [-0.2, 0) is 9.53 Å². The number of rotatable bonds is 6. The summed E-state index contributed by atoms with van der Waals surface area (Å²) in [4.78, 5) is 36.3. The molecule has 1 atom stereocenters. The molecule has 7 nitrogen and oxygen atoms in total. The number of nitrogens with zero attached hydrogens (tertiary/aromatic N) is 2. The molecule has 6 rings (SSSR count). The van der Waals surface area contributed by atoms with Crippen LogP contribution >= 0.6 is 11.3 Å². The van der Waals surface area contributed by atoms with Gasteiger partial charge in [0.25, 0.3) is 5.56 Å². The van der Waals surface area contributed by atoms with E-state index in [1.807, 2.05) is 91.1 Å². The second kappa shape index (κ2) is 10.2. The third-order valence-electron chi connectivity index (χ3n) is 6.72. The van der Waals surface area contributed by atoms with Gasteiger partial charge in [-0.2, -0.15) is 0 Å². The molecule has 0 radical (unpaired) electrons. The Morgan fingerprint density at radius 2 is 1.79 bits per heavy atom. The summed E-state index contributed by atoms with van der Waals surface area (Å²) in [7, 11) is 1.57. The summed E-state index contributed by atoms with van der Waals surface area (Å²) >= 11 is 1.29. The molecule has 194 valence electrons. The van der Waals surface area contributed by atoms with E-state index < -0.39 is 12.0 Å². The van der Waals surface area contributed by atoms with E-state index in [2.05, 4.69) is 4.98 Å². The zero-order valence-corrected chi connectivity index (χ0v) is 22.2. The van der Waals surface area contributed by atoms with Crippen molar-refractivity contribution in [2.45, 2.75) is 13.0 Å². The molecule has 5 aromatic rings. The largest absolute Gasteiger partial charge is 0.496 e. The monoisotopic (exact) mass is 535 g/mol. The molecular formula is C31H25N3O4S. The van der Waals surface area contributed by atoms with E-state index in [0.717, 1.165) is 22.0 Å². The highest BCUT2D eigenvalue weighted by atomic mass is 32.1. The van der Waals surface area contributed by atoms with Gasteiger partial charge in [0.05, 0.1) is 29.5 Å². The Balaban J connectivity index is 1.68. The van der Waals surface area contributed by atoms with E-state index in [-0.39, 0.29) is 12.2 Å².